The van der Waals surface area contributed by atoms with E-state index in [1.54, 1.807) is 0 Å². The van der Waals surface area contributed by atoms with Gasteiger partial charge in [-0.2, -0.15) is 0 Å². The van der Waals surface area contributed by atoms with Crippen molar-refractivity contribution in [3.05, 3.63) is 36.8 Å². The molecule has 0 heterocycles. The quantitative estimate of drug-likeness (QED) is 0.396. The minimum atomic E-state index is -1.74. The van der Waals surface area contributed by atoms with E-state index < -0.39 is 22.3 Å². The van der Waals surface area contributed by atoms with Gasteiger partial charge < -0.3 is 9.84 Å². The predicted molar refractivity (Wildman–Crippen MR) is 82.0 cm³/mol. The second-order valence-corrected chi connectivity index (χ2v) is 15.0. The van der Waals surface area contributed by atoms with Gasteiger partial charge in [-0.05, 0) is 6.42 Å². The molecule has 1 N–H and O–H groups in total. The van der Waals surface area contributed by atoms with Crippen molar-refractivity contribution in [1.29, 1.82) is 0 Å². The van der Waals surface area contributed by atoms with Crippen molar-refractivity contribution < 1.29 is 14.6 Å². The molecule has 0 saturated heterocycles. The van der Waals surface area contributed by atoms with E-state index in [2.05, 4.69) is 37.6 Å². The van der Waals surface area contributed by atoms with E-state index in [0.717, 1.165) is 18.1 Å². The fourth-order valence-electron chi connectivity index (χ4n) is 2.09. The van der Waals surface area contributed by atoms with Crippen LogP contribution >= 0.6 is 0 Å². The molecule has 0 aromatic carbocycles. The van der Waals surface area contributed by atoms with Crippen molar-refractivity contribution in [3.8, 4) is 0 Å². The van der Waals surface area contributed by atoms with Gasteiger partial charge in [0.25, 0.3) is 0 Å². The van der Waals surface area contributed by atoms with Gasteiger partial charge >= 0.3 is 6.16 Å². The average molecular weight is 285 g/mol. The molecular weight excluding hydrogens is 260 g/mol. The lowest BCUT2D eigenvalue weighted by atomic mass is 10.5. The van der Waals surface area contributed by atoms with Crippen LogP contribution in [0.25, 0.3) is 0 Å². The molecule has 0 unspecified atom stereocenters. The maximum Gasteiger partial charge on any atom is 0.505 e. The summed E-state index contributed by atoms with van der Waals surface area (Å²) in [7, 11) is -3.14. The average Bonchev–Trinajstić information content (AvgIpc) is 2.32. The van der Waals surface area contributed by atoms with Gasteiger partial charge in [-0.1, -0.05) is 41.9 Å². The number of rotatable bonds is 9. The summed E-state index contributed by atoms with van der Waals surface area (Å²) in [6, 6.07) is 1.05. The Morgan fingerprint density at radius 1 is 1.22 bits per heavy atom. The van der Waals surface area contributed by atoms with E-state index in [1.165, 1.54) is 0 Å². The van der Waals surface area contributed by atoms with Gasteiger partial charge in [0.05, 0.1) is 6.61 Å². The summed E-state index contributed by atoms with van der Waals surface area (Å²) in [4.78, 5) is 10.2. The van der Waals surface area contributed by atoms with E-state index in [0.29, 0.717) is 0 Å². The highest BCUT2D eigenvalue weighted by Gasteiger charge is 2.32. The molecule has 0 fully saturated rings. The lowest BCUT2D eigenvalue weighted by Gasteiger charge is -2.31. The van der Waals surface area contributed by atoms with Crippen LogP contribution in [-0.2, 0) is 4.74 Å². The van der Waals surface area contributed by atoms with E-state index in [9.17, 15) is 4.79 Å². The zero-order valence-corrected chi connectivity index (χ0v) is 13.4. The molecule has 0 spiro atoms. The Balaban J connectivity index is 4.36. The summed E-state index contributed by atoms with van der Waals surface area (Å²) in [6.07, 6.45) is -0.400. The maximum absolute atomic E-state index is 10.2. The fraction of sp³-hybridized carbons (Fsp3) is 0.462. The fourth-order valence-corrected chi connectivity index (χ4v) is 12.8. The smallest absolute Gasteiger partial charge is 0.450 e. The van der Waals surface area contributed by atoms with Crippen LogP contribution in [0.1, 0.15) is 6.42 Å². The lowest BCUT2D eigenvalue weighted by Crippen LogP contribution is -2.40. The Morgan fingerprint density at radius 2 is 1.72 bits per heavy atom. The number of carbonyl (C=O) groups is 1. The second-order valence-electron chi connectivity index (χ2n) is 5.28. The van der Waals surface area contributed by atoms with Crippen molar-refractivity contribution in [1.82, 2.24) is 0 Å². The first-order valence-electron chi connectivity index (χ1n) is 6.07. The molecule has 3 nitrogen and oxygen atoms in total. The molecule has 0 aromatic rings. The Kier molecular flexibility index (Phi) is 6.94. The van der Waals surface area contributed by atoms with E-state index in [1.807, 2.05) is 17.1 Å². The molecule has 102 valence electrons. The third kappa shape index (κ3) is 6.02. The largest absolute Gasteiger partial charge is 0.505 e. The summed E-state index contributed by atoms with van der Waals surface area (Å²) < 4.78 is 4.54. The van der Waals surface area contributed by atoms with Crippen LogP contribution in [0, 0.1) is 0 Å². The van der Waals surface area contributed by atoms with Gasteiger partial charge in [0, 0.05) is 8.07 Å². The molecule has 0 saturated carbocycles. The van der Waals surface area contributed by atoms with Crippen LogP contribution in [0.3, 0.4) is 0 Å². The summed E-state index contributed by atoms with van der Waals surface area (Å²) >= 11 is 0. The van der Waals surface area contributed by atoms with Gasteiger partial charge in [-0.15, -0.1) is 19.7 Å². The number of ether oxygens (including phenoxy) is 1. The van der Waals surface area contributed by atoms with Gasteiger partial charge in [0.15, 0.2) is 0 Å². The molecule has 0 atom stereocenters. The van der Waals surface area contributed by atoms with Crippen molar-refractivity contribution in [2.75, 3.05) is 6.61 Å². The van der Waals surface area contributed by atoms with Crippen molar-refractivity contribution >= 4 is 22.3 Å². The van der Waals surface area contributed by atoms with Crippen LogP contribution in [0.4, 0.5) is 4.79 Å². The SMILES string of the molecule is C=C[Si](C=C)(C=C)C[Si](C)(C)CCCOC(=O)O. The molecule has 0 rings (SSSR count). The molecule has 5 heteroatoms. The van der Waals surface area contributed by atoms with Crippen molar-refractivity contribution in [2.45, 2.75) is 31.2 Å². The van der Waals surface area contributed by atoms with E-state index in [-0.39, 0.29) is 6.61 Å². The highest BCUT2D eigenvalue weighted by molar-refractivity contribution is 7.03. The summed E-state index contributed by atoms with van der Waals surface area (Å²) in [6.45, 7) is 16.7. The molecule has 18 heavy (non-hydrogen) atoms. The van der Waals surface area contributed by atoms with Gasteiger partial charge in [0.2, 0.25) is 0 Å². The standard InChI is InChI=1S/C13H24O3Si2/c1-6-18(7-2,8-3)12-17(4,5)11-9-10-16-13(14)15/h6-8H,1-3,9-12H2,4-5H3,(H,14,15). The molecule has 0 aliphatic rings. The number of carboxylic acid groups (broad SMARTS) is 1. The molecule has 0 amide bonds. The predicted octanol–water partition coefficient (Wildman–Crippen LogP) is 3.94. The Hall–Kier alpha value is -1.08. The molecule has 0 aliphatic carbocycles. The van der Waals surface area contributed by atoms with Crippen LogP contribution < -0.4 is 0 Å². The highest BCUT2D eigenvalue weighted by Crippen LogP contribution is 2.26. The van der Waals surface area contributed by atoms with E-state index in [4.69, 9.17) is 5.11 Å². The summed E-state index contributed by atoms with van der Waals surface area (Å²) in [5, 5.41) is 8.40. The number of hydrogen-bond acceptors (Lipinski definition) is 2. The Bertz CT molecular complexity index is 302. The lowest BCUT2D eigenvalue weighted by molar-refractivity contribution is 0.0917. The molecular formula is C13H24O3Si2. The van der Waals surface area contributed by atoms with Gasteiger partial charge in [-0.25, -0.2) is 4.79 Å². The minimum Gasteiger partial charge on any atom is -0.450 e. The Morgan fingerprint density at radius 3 is 2.11 bits per heavy atom. The van der Waals surface area contributed by atoms with Crippen LogP contribution in [-0.4, -0.2) is 34.0 Å². The Labute approximate surface area is 112 Å². The topological polar surface area (TPSA) is 46.5 Å². The molecule has 0 radical (unpaired) electrons. The van der Waals surface area contributed by atoms with E-state index >= 15 is 0 Å². The van der Waals surface area contributed by atoms with Gasteiger partial charge in [0.1, 0.15) is 8.07 Å². The first kappa shape index (κ1) is 16.9. The minimum absolute atomic E-state index is 0.288. The zero-order valence-electron chi connectivity index (χ0n) is 11.4. The zero-order chi connectivity index (χ0) is 14.2. The second kappa shape index (κ2) is 7.38. The number of hydrogen-bond donors (Lipinski definition) is 1. The van der Waals surface area contributed by atoms with Crippen LogP contribution in [0.15, 0.2) is 36.8 Å². The third-order valence-corrected chi connectivity index (χ3v) is 13.4. The van der Waals surface area contributed by atoms with Crippen molar-refractivity contribution in [3.63, 3.8) is 0 Å². The summed E-state index contributed by atoms with van der Waals surface area (Å²) in [5.41, 5.74) is 7.20. The molecule has 0 aromatic heterocycles. The first-order valence-corrected chi connectivity index (χ1v) is 11.9. The maximum atomic E-state index is 10.2. The third-order valence-electron chi connectivity index (χ3n) is 3.15. The highest BCUT2D eigenvalue weighted by atomic mass is 28.4. The first-order chi connectivity index (χ1) is 8.31. The normalized spacial score (nSPS) is 11.7. The van der Waals surface area contributed by atoms with Crippen LogP contribution in [0.2, 0.25) is 24.8 Å². The summed E-state index contributed by atoms with van der Waals surface area (Å²) in [5.74, 6) is 0. The molecule has 0 bridgehead atoms. The van der Waals surface area contributed by atoms with Gasteiger partial charge in [-0.3, -0.25) is 0 Å². The van der Waals surface area contributed by atoms with Crippen LogP contribution in [0.5, 0.6) is 0 Å². The monoisotopic (exact) mass is 284 g/mol. The van der Waals surface area contributed by atoms with Crippen molar-refractivity contribution in [2.24, 2.45) is 0 Å². The molecule has 0 aliphatic heterocycles.